The number of rotatable bonds is 7. The van der Waals surface area contributed by atoms with Gasteiger partial charge in [0, 0.05) is 11.6 Å². The van der Waals surface area contributed by atoms with E-state index < -0.39 is 0 Å². The molecule has 0 aliphatic heterocycles. The minimum atomic E-state index is 0.0475. The Hall–Kier alpha value is -1.10. The molecule has 1 heterocycles. The Balaban J connectivity index is 2.42. The molecule has 0 saturated carbocycles. The summed E-state index contributed by atoms with van der Waals surface area (Å²) in [6.45, 7) is 13.5. The van der Waals surface area contributed by atoms with E-state index in [1.165, 1.54) is 6.42 Å². The summed E-state index contributed by atoms with van der Waals surface area (Å²) in [5.74, 6) is 1.32. The van der Waals surface area contributed by atoms with Gasteiger partial charge < -0.3 is 15.1 Å². The van der Waals surface area contributed by atoms with Crippen LogP contribution in [-0.2, 0) is 6.54 Å². The molecule has 110 valence electrons. The maximum absolute atomic E-state index is 5.57. The predicted molar refractivity (Wildman–Crippen MR) is 78.0 cm³/mol. The van der Waals surface area contributed by atoms with Crippen molar-refractivity contribution in [2.24, 2.45) is 5.92 Å². The van der Waals surface area contributed by atoms with Gasteiger partial charge in [-0.05, 0) is 40.0 Å². The van der Waals surface area contributed by atoms with Crippen LogP contribution in [0.15, 0.2) is 4.42 Å². The predicted octanol–water partition coefficient (Wildman–Crippen LogP) is 3.19. The summed E-state index contributed by atoms with van der Waals surface area (Å²) in [6, 6.07) is 0.861. The highest BCUT2D eigenvalue weighted by atomic mass is 16.4. The zero-order valence-electron chi connectivity index (χ0n) is 13.1. The number of hydrogen-bond acceptors (Lipinski definition) is 5. The molecular weight excluding hydrogens is 240 g/mol. The molecule has 19 heavy (non-hydrogen) atoms. The van der Waals surface area contributed by atoms with Crippen molar-refractivity contribution in [3.8, 4) is 0 Å². The Morgan fingerprint density at radius 1 is 1.21 bits per heavy atom. The smallest absolute Gasteiger partial charge is 0.315 e. The molecule has 0 radical (unpaired) electrons. The van der Waals surface area contributed by atoms with Crippen LogP contribution in [0.3, 0.4) is 0 Å². The van der Waals surface area contributed by atoms with E-state index in [-0.39, 0.29) is 5.54 Å². The van der Waals surface area contributed by atoms with Crippen molar-refractivity contribution in [3.63, 3.8) is 0 Å². The minimum Gasteiger partial charge on any atom is -0.407 e. The lowest BCUT2D eigenvalue weighted by Crippen LogP contribution is -2.35. The standard InChI is InChI=1S/C14H28N4O/c1-7-10(2)8-11(3)16-13-18-17-12(19-13)9-15-14(4,5)6/h10-11,15H,7-9H2,1-6H3,(H,16,18). The minimum absolute atomic E-state index is 0.0475. The average molecular weight is 268 g/mol. The van der Waals surface area contributed by atoms with Crippen LogP contribution in [0.5, 0.6) is 0 Å². The van der Waals surface area contributed by atoms with Gasteiger partial charge in [-0.2, -0.15) is 0 Å². The van der Waals surface area contributed by atoms with Crippen LogP contribution < -0.4 is 10.6 Å². The first-order valence-corrected chi connectivity index (χ1v) is 7.14. The fourth-order valence-electron chi connectivity index (χ4n) is 1.76. The number of nitrogens with zero attached hydrogens (tertiary/aromatic N) is 2. The second-order valence-corrected chi connectivity index (χ2v) is 6.40. The van der Waals surface area contributed by atoms with Gasteiger partial charge in [-0.25, -0.2) is 0 Å². The van der Waals surface area contributed by atoms with Crippen molar-refractivity contribution in [1.82, 2.24) is 15.5 Å². The molecule has 2 atom stereocenters. The van der Waals surface area contributed by atoms with E-state index in [9.17, 15) is 0 Å². The highest BCUT2D eigenvalue weighted by Crippen LogP contribution is 2.14. The molecule has 0 aromatic carbocycles. The summed E-state index contributed by atoms with van der Waals surface area (Å²) in [4.78, 5) is 0. The van der Waals surface area contributed by atoms with E-state index in [1.807, 2.05) is 0 Å². The Kier molecular flexibility index (Phi) is 5.79. The van der Waals surface area contributed by atoms with E-state index >= 15 is 0 Å². The van der Waals surface area contributed by atoms with Crippen LogP contribution in [0.4, 0.5) is 6.01 Å². The third-order valence-corrected chi connectivity index (χ3v) is 3.06. The lowest BCUT2D eigenvalue weighted by molar-refractivity contribution is 0.382. The SMILES string of the molecule is CCC(C)CC(C)Nc1nnc(CNC(C)(C)C)o1. The lowest BCUT2D eigenvalue weighted by atomic mass is 10.0. The Bertz CT molecular complexity index is 370. The topological polar surface area (TPSA) is 63.0 Å². The van der Waals surface area contributed by atoms with Crippen LogP contribution in [0.2, 0.25) is 0 Å². The van der Waals surface area contributed by atoms with Gasteiger partial charge in [0.25, 0.3) is 0 Å². The molecule has 1 aromatic heterocycles. The van der Waals surface area contributed by atoms with Crippen LogP contribution >= 0.6 is 0 Å². The lowest BCUT2D eigenvalue weighted by Gasteiger charge is -2.18. The van der Waals surface area contributed by atoms with Gasteiger partial charge in [-0.3, -0.25) is 0 Å². The monoisotopic (exact) mass is 268 g/mol. The summed E-state index contributed by atoms with van der Waals surface area (Å²) < 4.78 is 5.57. The zero-order chi connectivity index (χ0) is 14.5. The van der Waals surface area contributed by atoms with Crippen molar-refractivity contribution in [2.45, 2.75) is 72.5 Å². The first-order valence-electron chi connectivity index (χ1n) is 7.14. The van der Waals surface area contributed by atoms with Crippen LogP contribution in [0.1, 0.15) is 60.3 Å². The van der Waals surface area contributed by atoms with E-state index in [0.717, 1.165) is 6.42 Å². The van der Waals surface area contributed by atoms with E-state index in [0.29, 0.717) is 30.4 Å². The fraction of sp³-hybridized carbons (Fsp3) is 0.857. The molecule has 2 unspecified atom stereocenters. The average Bonchev–Trinajstić information content (AvgIpc) is 2.73. The molecular formula is C14H28N4O. The number of anilines is 1. The van der Waals surface area contributed by atoms with Crippen molar-refractivity contribution in [3.05, 3.63) is 5.89 Å². The normalized spacial score (nSPS) is 15.3. The third kappa shape index (κ3) is 6.57. The van der Waals surface area contributed by atoms with Gasteiger partial charge in [0.15, 0.2) is 0 Å². The Morgan fingerprint density at radius 2 is 1.89 bits per heavy atom. The zero-order valence-corrected chi connectivity index (χ0v) is 13.1. The van der Waals surface area contributed by atoms with Crippen molar-refractivity contribution in [1.29, 1.82) is 0 Å². The fourth-order valence-corrected chi connectivity index (χ4v) is 1.76. The summed E-state index contributed by atoms with van der Waals surface area (Å²) in [5, 5.41) is 14.6. The quantitative estimate of drug-likeness (QED) is 0.795. The second kappa shape index (κ2) is 6.89. The molecule has 5 heteroatoms. The molecule has 0 amide bonds. The van der Waals surface area contributed by atoms with Crippen LogP contribution in [0, 0.1) is 5.92 Å². The molecule has 1 aromatic rings. The maximum atomic E-state index is 5.57. The molecule has 0 bridgehead atoms. The summed E-state index contributed by atoms with van der Waals surface area (Å²) in [7, 11) is 0. The van der Waals surface area contributed by atoms with Crippen molar-refractivity contribution < 1.29 is 4.42 Å². The molecule has 0 fully saturated rings. The Morgan fingerprint density at radius 3 is 2.47 bits per heavy atom. The number of nitrogens with one attached hydrogen (secondary N) is 2. The maximum Gasteiger partial charge on any atom is 0.315 e. The summed E-state index contributed by atoms with van der Waals surface area (Å²) in [6.07, 6.45) is 2.30. The summed E-state index contributed by atoms with van der Waals surface area (Å²) >= 11 is 0. The van der Waals surface area contributed by atoms with Gasteiger partial charge in [-0.1, -0.05) is 25.4 Å². The van der Waals surface area contributed by atoms with Gasteiger partial charge in [0.1, 0.15) is 0 Å². The number of aromatic nitrogens is 2. The van der Waals surface area contributed by atoms with E-state index in [4.69, 9.17) is 4.42 Å². The molecule has 0 spiro atoms. The Labute approximate surface area is 116 Å². The van der Waals surface area contributed by atoms with Gasteiger partial charge in [-0.15, -0.1) is 5.10 Å². The van der Waals surface area contributed by atoms with Gasteiger partial charge >= 0.3 is 6.01 Å². The van der Waals surface area contributed by atoms with Gasteiger partial charge in [0.2, 0.25) is 5.89 Å². The molecule has 0 saturated heterocycles. The molecule has 0 aliphatic rings. The summed E-state index contributed by atoms with van der Waals surface area (Å²) in [5.41, 5.74) is 0.0475. The highest BCUT2D eigenvalue weighted by Gasteiger charge is 2.14. The molecule has 2 N–H and O–H groups in total. The van der Waals surface area contributed by atoms with E-state index in [2.05, 4.69) is 62.4 Å². The van der Waals surface area contributed by atoms with E-state index in [1.54, 1.807) is 0 Å². The number of hydrogen-bond donors (Lipinski definition) is 2. The first-order chi connectivity index (χ1) is 8.80. The van der Waals surface area contributed by atoms with Crippen LogP contribution in [-0.4, -0.2) is 21.8 Å². The largest absolute Gasteiger partial charge is 0.407 e. The van der Waals surface area contributed by atoms with Crippen molar-refractivity contribution >= 4 is 6.01 Å². The molecule has 0 aliphatic carbocycles. The van der Waals surface area contributed by atoms with Crippen LogP contribution in [0.25, 0.3) is 0 Å². The highest BCUT2D eigenvalue weighted by molar-refractivity contribution is 5.18. The van der Waals surface area contributed by atoms with Crippen molar-refractivity contribution in [2.75, 3.05) is 5.32 Å². The molecule has 5 nitrogen and oxygen atoms in total. The molecule has 1 rings (SSSR count). The second-order valence-electron chi connectivity index (χ2n) is 6.40. The first kappa shape index (κ1) is 16.0. The third-order valence-electron chi connectivity index (χ3n) is 3.06. The van der Waals surface area contributed by atoms with Gasteiger partial charge in [0.05, 0.1) is 6.54 Å².